The van der Waals surface area contributed by atoms with Gasteiger partial charge in [0.2, 0.25) is 0 Å². The molecule has 0 radical (unpaired) electrons. The molecular weight excluding hydrogens is 255 g/mol. The Labute approximate surface area is 98.9 Å². The molecule has 9 heteroatoms. The molecule has 0 aliphatic carbocycles. The molecule has 2 N–H and O–H groups in total. The summed E-state index contributed by atoms with van der Waals surface area (Å²) in [6.45, 7) is 0. The Morgan fingerprint density at radius 3 is 2.33 bits per heavy atom. The number of halogens is 3. The lowest BCUT2D eigenvalue weighted by atomic mass is 10.1. The average molecular weight is 263 g/mol. The highest BCUT2D eigenvalue weighted by Crippen LogP contribution is 2.15. The van der Waals surface area contributed by atoms with Gasteiger partial charge in [-0.05, 0) is 5.56 Å². The van der Waals surface area contributed by atoms with E-state index in [4.69, 9.17) is 5.11 Å². The molecule has 1 rings (SSSR count). The van der Waals surface area contributed by atoms with Gasteiger partial charge in [-0.3, -0.25) is 4.79 Å². The van der Waals surface area contributed by atoms with E-state index in [1.807, 2.05) is 0 Å². The quantitative estimate of drug-likeness (QED) is 0.806. The van der Waals surface area contributed by atoms with Crippen molar-refractivity contribution in [2.24, 2.45) is 0 Å². The predicted molar refractivity (Wildman–Crippen MR) is 51.4 cm³/mol. The van der Waals surface area contributed by atoms with E-state index < -0.39 is 24.1 Å². The SMILES string of the molecule is O=C(O)[C@H](Cc1cncnc1)NC(=O)C(F)(F)F. The number of aliphatic carboxylic acids is 1. The summed E-state index contributed by atoms with van der Waals surface area (Å²) in [5.41, 5.74) is 0.298. The van der Waals surface area contributed by atoms with Crippen LogP contribution >= 0.6 is 0 Å². The van der Waals surface area contributed by atoms with Gasteiger partial charge < -0.3 is 10.4 Å². The molecule has 1 aromatic rings. The molecule has 6 nitrogen and oxygen atoms in total. The summed E-state index contributed by atoms with van der Waals surface area (Å²) >= 11 is 0. The molecule has 1 atom stereocenters. The van der Waals surface area contributed by atoms with E-state index in [0.717, 1.165) is 0 Å². The number of carboxylic acid groups (broad SMARTS) is 1. The minimum atomic E-state index is -5.12. The lowest BCUT2D eigenvalue weighted by molar-refractivity contribution is -0.175. The molecule has 0 saturated heterocycles. The number of carbonyl (C=O) groups excluding carboxylic acids is 1. The topological polar surface area (TPSA) is 92.2 Å². The average Bonchev–Trinajstić information content (AvgIpc) is 2.28. The van der Waals surface area contributed by atoms with Gasteiger partial charge in [0.1, 0.15) is 12.4 Å². The maximum absolute atomic E-state index is 12.0. The van der Waals surface area contributed by atoms with Crippen LogP contribution in [0.3, 0.4) is 0 Å². The maximum atomic E-state index is 12.0. The number of rotatable bonds is 4. The maximum Gasteiger partial charge on any atom is 0.471 e. The third-order valence-electron chi connectivity index (χ3n) is 1.91. The van der Waals surface area contributed by atoms with Crippen LogP contribution in [0, 0.1) is 0 Å². The molecule has 0 bridgehead atoms. The summed E-state index contributed by atoms with van der Waals surface area (Å²) in [4.78, 5) is 28.6. The van der Waals surface area contributed by atoms with E-state index in [-0.39, 0.29) is 6.42 Å². The standard InChI is InChI=1S/C9H8F3N3O3/c10-9(11,12)8(18)15-6(7(16)17)1-5-2-13-4-14-3-5/h2-4,6H,1H2,(H,15,18)(H,16,17)/t6-/m0/s1. The monoisotopic (exact) mass is 263 g/mol. The molecule has 18 heavy (non-hydrogen) atoms. The fourth-order valence-corrected chi connectivity index (χ4v) is 1.11. The molecule has 1 amide bonds. The van der Waals surface area contributed by atoms with Crippen LogP contribution in [-0.2, 0) is 16.0 Å². The van der Waals surface area contributed by atoms with Gasteiger partial charge in [0.25, 0.3) is 0 Å². The molecule has 1 heterocycles. The van der Waals surface area contributed by atoms with E-state index in [1.165, 1.54) is 24.0 Å². The van der Waals surface area contributed by atoms with Crippen LogP contribution in [0.1, 0.15) is 5.56 Å². The van der Waals surface area contributed by atoms with Crippen molar-refractivity contribution in [3.05, 3.63) is 24.3 Å². The summed E-state index contributed by atoms with van der Waals surface area (Å²) in [7, 11) is 0. The largest absolute Gasteiger partial charge is 0.480 e. The molecule has 1 aromatic heterocycles. The summed E-state index contributed by atoms with van der Waals surface area (Å²) in [6, 6.07) is -1.69. The van der Waals surface area contributed by atoms with E-state index in [2.05, 4.69) is 9.97 Å². The molecule has 0 spiro atoms. The first-order chi connectivity index (χ1) is 8.30. The zero-order valence-electron chi connectivity index (χ0n) is 8.81. The lowest BCUT2D eigenvalue weighted by Gasteiger charge is -2.15. The fourth-order valence-electron chi connectivity index (χ4n) is 1.11. The van der Waals surface area contributed by atoms with Crippen LogP contribution in [0.15, 0.2) is 18.7 Å². The first-order valence-electron chi connectivity index (χ1n) is 4.65. The minimum absolute atomic E-state index is 0.298. The van der Waals surface area contributed by atoms with Crippen molar-refractivity contribution in [3.8, 4) is 0 Å². The van der Waals surface area contributed by atoms with Gasteiger partial charge in [-0.2, -0.15) is 13.2 Å². The number of nitrogens with one attached hydrogen (secondary N) is 1. The number of amides is 1. The van der Waals surface area contributed by atoms with Crippen molar-refractivity contribution in [1.82, 2.24) is 15.3 Å². The second kappa shape index (κ2) is 5.43. The minimum Gasteiger partial charge on any atom is -0.480 e. The van der Waals surface area contributed by atoms with Crippen LogP contribution in [0.25, 0.3) is 0 Å². The number of carboxylic acids is 1. The van der Waals surface area contributed by atoms with Gasteiger partial charge in [0.05, 0.1) is 0 Å². The third kappa shape index (κ3) is 4.00. The Balaban J connectivity index is 2.73. The normalized spacial score (nSPS) is 12.8. The highest BCUT2D eigenvalue weighted by atomic mass is 19.4. The van der Waals surface area contributed by atoms with E-state index >= 15 is 0 Å². The molecule has 0 aliphatic heterocycles. The van der Waals surface area contributed by atoms with E-state index in [9.17, 15) is 22.8 Å². The number of aromatic nitrogens is 2. The van der Waals surface area contributed by atoms with Gasteiger partial charge in [-0.25, -0.2) is 14.8 Å². The van der Waals surface area contributed by atoms with Crippen molar-refractivity contribution in [3.63, 3.8) is 0 Å². The number of hydrogen-bond acceptors (Lipinski definition) is 4. The molecule has 98 valence electrons. The Hall–Kier alpha value is -2.19. The Bertz CT molecular complexity index is 436. The smallest absolute Gasteiger partial charge is 0.471 e. The van der Waals surface area contributed by atoms with Crippen LogP contribution in [0.5, 0.6) is 0 Å². The fraction of sp³-hybridized carbons (Fsp3) is 0.333. The summed E-state index contributed by atoms with van der Waals surface area (Å²) in [6.07, 6.45) is -1.77. The van der Waals surface area contributed by atoms with E-state index in [0.29, 0.717) is 5.56 Å². The molecular formula is C9H8F3N3O3. The Kier molecular flexibility index (Phi) is 4.18. The van der Waals surface area contributed by atoms with Crippen LogP contribution in [0.2, 0.25) is 0 Å². The summed E-state index contributed by atoms with van der Waals surface area (Å²) in [5, 5.41) is 10.1. The Morgan fingerprint density at radius 1 is 1.33 bits per heavy atom. The molecule has 0 saturated carbocycles. The molecule has 0 unspecified atom stereocenters. The van der Waals surface area contributed by atoms with Crippen LogP contribution < -0.4 is 5.32 Å². The highest BCUT2D eigenvalue weighted by molar-refractivity contribution is 5.87. The van der Waals surface area contributed by atoms with Gasteiger partial charge in [0.15, 0.2) is 0 Å². The van der Waals surface area contributed by atoms with Crippen molar-refractivity contribution < 1.29 is 27.9 Å². The summed E-state index contributed by atoms with van der Waals surface area (Å²) < 4.78 is 35.9. The van der Waals surface area contributed by atoms with Crippen molar-refractivity contribution >= 4 is 11.9 Å². The van der Waals surface area contributed by atoms with Crippen molar-refractivity contribution in [2.45, 2.75) is 18.6 Å². The van der Waals surface area contributed by atoms with Gasteiger partial charge in [-0.15, -0.1) is 0 Å². The second-order valence-corrected chi connectivity index (χ2v) is 3.31. The first kappa shape index (κ1) is 13.9. The first-order valence-corrected chi connectivity index (χ1v) is 4.65. The predicted octanol–water partition coefficient (Wildman–Crippen LogP) is 0.151. The van der Waals surface area contributed by atoms with Crippen molar-refractivity contribution in [1.29, 1.82) is 0 Å². The number of nitrogens with zero attached hydrogens (tertiary/aromatic N) is 2. The summed E-state index contributed by atoms with van der Waals surface area (Å²) in [5.74, 6) is -3.87. The second-order valence-electron chi connectivity index (χ2n) is 3.31. The van der Waals surface area contributed by atoms with E-state index in [1.54, 1.807) is 0 Å². The van der Waals surface area contributed by atoms with Crippen LogP contribution in [0.4, 0.5) is 13.2 Å². The number of hydrogen-bond donors (Lipinski definition) is 2. The lowest BCUT2D eigenvalue weighted by Crippen LogP contribution is -2.47. The zero-order chi connectivity index (χ0) is 13.8. The van der Waals surface area contributed by atoms with Gasteiger partial charge in [0, 0.05) is 18.8 Å². The Morgan fingerprint density at radius 2 is 1.89 bits per heavy atom. The molecule has 0 fully saturated rings. The number of carbonyl (C=O) groups is 2. The van der Waals surface area contributed by atoms with Crippen LogP contribution in [-0.4, -0.2) is 39.2 Å². The van der Waals surface area contributed by atoms with Crippen molar-refractivity contribution in [2.75, 3.05) is 0 Å². The molecule has 0 aliphatic rings. The zero-order valence-corrected chi connectivity index (χ0v) is 8.81. The number of alkyl halides is 3. The molecule has 0 aromatic carbocycles. The highest BCUT2D eigenvalue weighted by Gasteiger charge is 2.40. The third-order valence-corrected chi connectivity index (χ3v) is 1.91. The van der Waals surface area contributed by atoms with Gasteiger partial charge >= 0.3 is 18.1 Å². The van der Waals surface area contributed by atoms with Gasteiger partial charge in [-0.1, -0.05) is 0 Å².